The van der Waals surface area contributed by atoms with Crippen LogP contribution >= 0.6 is 0 Å². The van der Waals surface area contributed by atoms with E-state index in [0.29, 0.717) is 5.75 Å². The molecule has 0 saturated carbocycles. The molecule has 0 unspecified atom stereocenters. The smallest absolute Gasteiger partial charge is 0.330 e. The van der Waals surface area contributed by atoms with Crippen molar-refractivity contribution in [3.05, 3.63) is 33.9 Å². The SMILES string of the molecule is CCOC(=O)C=Cc1cc(OC)c(OC)cc1[N+](=O)[O-]. The Morgan fingerprint density at radius 1 is 1.30 bits per heavy atom. The normalized spacial score (nSPS) is 10.3. The van der Waals surface area contributed by atoms with Crippen molar-refractivity contribution in [1.82, 2.24) is 0 Å². The maximum absolute atomic E-state index is 11.2. The van der Waals surface area contributed by atoms with E-state index < -0.39 is 10.9 Å². The second-order valence-electron chi connectivity index (χ2n) is 3.61. The lowest BCUT2D eigenvalue weighted by Crippen LogP contribution is -2.00. The summed E-state index contributed by atoms with van der Waals surface area (Å²) in [6.45, 7) is 1.90. The monoisotopic (exact) mass is 281 g/mol. The minimum Gasteiger partial charge on any atom is -0.493 e. The molecule has 7 heteroatoms. The van der Waals surface area contributed by atoms with Gasteiger partial charge in [-0.05, 0) is 19.1 Å². The molecular weight excluding hydrogens is 266 g/mol. The molecule has 1 aromatic carbocycles. The number of methoxy groups -OCH3 is 2. The predicted octanol–water partition coefficient (Wildman–Crippen LogP) is 2.19. The largest absolute Gasteiger partial charge is 0.493 e. The van der Waals surface area contributed by atoms with Crippen molar-refractivity contribution in [1.29, 1.82) is 0 Å². The number of nitro groups is 1. The Kier molecular flexibility index (Phi) is 5.52. The lowest BCUT2D eigenvalue weighted by Gasteiger charge is -2.08. The van der Waals surface area contributed by atoms with Crippen LogP contribution in [-0.2, 0) is 9.53 Å². The number of benzene rings is 1. The van der Waals surface area contributed by atoms with E-state index in [1.165, 1.54) is 32.4 Å². The number of esters is 1. The number of carbonyl (C=O) groups excluding carboxylic acids is 1. The van der Waals surface area contributed by atoms with Crippen molar-refractivity contribution >= 4 is 17.7 Å². The number of nitro benzene ring substituents is 1. The van der Waals surface area contributed by atoms with Crippen LogP contribution in [-0.4, -0.2) is 31.7 Å². The number of ether oxygens (including phenoxy) is 3. The molecule has 7 nitrogen and oxygen atoms in total. The molecule has 0 aliphatic heterocycles. The summed E-state index contributed by atoms with van der Waals surface area (Å²) >= 11 is 0. The lowest BCUT2D eigenvalue weighted by atomic mass is 10.1. The van der Waals surface area contributed by atoms with Crippen molar-refractivity contribution in [2.75, 3.05) is 20.8 Å². The first-order valence-electron chi connectivity index (χ1n) is 5.78. The minimum absolute atomic E-state index is 0.191. The Hall–Kier alpha value is -2.57. The van der Waals surface area contributed by atoms with E-state index in [1.807, 2.05) is 0 Å². The van der Waals surface area contributed by atoms with Gasteiger partial charge >= 0.3 is 5.97 Å². The Balaban J connectivity index is 3.22. The van der Waals surface area contributed by atoms with Crippen molar-refractivity contribution in [3.63, 3.8) is 0 Å². The molecule has 20 heavy (non-hydrogen) atoms. The molecule has 0 aromatic heterocycles. The Morgan fingerprint density at radius 3 is 2.40 bits per heavy atom. The average Bonchev–Trinajstić information content (AvgIpc) is 2.44. The molecule has 0 fully saturated rings. The van der Waals surface area contributed by atoms with Gasteiger partial charge in [-0.3, -0.25) is 10.1 Å². The number of rotatable bonds is 6. The van der Waals surface area contributed by atoms with Gasteiger partial charge in [0.05, 0.1) is 37.4 Å². The summed E-state index contributed by atoms with van der Waals surface area (Å²) < 4.78 is 14.8. The average molecular weight is 281 g/mol. The van der Waals surface area contributed by atoms with Crippen molar-refractivity contribution in [2.24, 2.45) is 0 Å². The fourth-order valence-electron chi connectivity index (χ4n) is 1.52. The topological polar surface area (TPSA) is 87.9 Å². The molecule has 0 heterocycles. The van der Waals surface area contributed by atoms with Gasteiger partial charge in [0.1, 0.15) is 0 Å². The van der Waals surface area contributed by atoms with Crippen molar-refractivity contribution < 1.29 is 23.9 Å². The van der Waals surface area contributed by atoms with Crippen LogP contribution in [0.1, 0.15) is 12.5 Å². The van der Waals surface area contributed by atoms with E-state index in [4.69, 9.17) is 14.2 Å². The third-order valence-corrected chi connectivity index (χ3v) is 2.42. The van der Waals surface area contributed by atoms with Crippen LogP contribution in [0.3, 0.4) is 0 Å². The summed E-state index contributed by atoms with van der Waals surface area (Å²) in [5, 5.41) is 11.0. The number of carbonyl (C=O) groups is 1. The summed E-state index contributed by atoms with van der Waals surface area (Å²) in [4.78, 5) is 21.7. The first-order chi connectivity index (χ1) is 9.53. The van der Waals surface area contributed by atoms with Crippen LogP contribution in [0.25, 0.3) is 6.08 Å². The molecule has 0 spiro atoms. The third kappa shape index (κ3) is 3.71. The zero-order chi connectivity index (χ0) is 15.1. The highest BCUT2D eigenvalue weighted by Gasteiger charge is 2.18. The quantitative estimate of drug-likeness (QED) is 0.344. The van der Waals surface area contributed by atoms with Crippen LogP contribution < -0.4 is 9.47 Å². The molecule has 1 rings (SSSR count). The molecule has 0 saturated heterocycles. The van der Waals surface area contributed by atoms with Crippen molar-refractivity contribution in [2.45, 2.75) is 6.92 Å². The summed E-state index contributed by atoms with van der Waals surface area (Å²) in [6, 6.07) is 2.66. The molecule has 0 bridgehead atoms. The predicted molar refractivity (Wildman–Crippen MR) is 71.9 cm³/mol. The van der Waals surface area contributed by atoms with E-state index in [9.17, 15) is 14.9 Å². The molecule has 108 valence electrons. The Morgan fingerprint density at radius 2 is 1.90 bits per heavy atom. The summed E-state index contributed by atoms with van der Waals surface area (Å²) in [7, 11) is 2.80. The second kappa shape index (κ2) is 7.13. The van der Waals surface area contributed by atoms with E-state index in [0.717, 1.165) is 6.08 Å². The number of hydrogen-bond acceptors (Lipinski definition) is 6. The zero-order valence-electron chi connectivity index (χ0n) is 11.4. The van der Waals surface area contributed by atoms with Crippen LogP contribution in [0.4, 0.5) is 5.69 Å². The van der Waals surface area contributed by atoms with Crippen LogP contribution in [0, 0.1) is 10.1 Å². The first kappa shape index (κ1) is 15.5. The molecule has 0 atom stereocenters. The van der Waals surface area contributed by atoms with E-state index in [2.05, 4.69) is 0 Å². The summed E-state index contributed by atoms with van der Waals surface area (Å²) in [5.41, 5.74) is 0.0314. The molecule has 0 aliphatic carbocycles. The van der Waals surface area contributed by atoms with Gasteiger partial charge in [0, 0.05) is 6.08 Å². The fraction of sp³-hybridized carbons (Fsp3) is 0.308. The van der Waals surface area contributed by atoms with Gasteiger partial charge in [-0.25, -0.2) is 4.79 Å². The molecule has 1 aromatic rings. The number of hydrogen-bond donors (Lipinski definition) is 0. The van der Waals surface area contributed by atoms with E-state index >= 15 is 0 Å². The van der Waals surface area contributed by atoms with Gasteiger partial charge in [-0.15, -0.1) is 0 Å². The van der Waals surface area contributed by atoms with E-state index in [1.54, 1.807) is 6.92 Å². The first-order valence-corrected chi connectivity index (χ1v) is 5.78. The van der Waals surface area contributed by atoms with Gasteiger partial charge < -0.3 is 14.2 Å². The van der Waals surface area contributed by atoms with Gasteiger partial charge in [-0.1, -0.05) is 0 Å². The highest BCUT2D eigenvalue weighted by Crippen LogP contribution is 2.35. The summed E-state index contributed by atoms with van der Waals surface area (Å²) in [6.07, 6.45) is 2.43. The zero-order valence-corrected chi connectivity index (χ0v) is 11.4. The molecule has 0 radical (unpaired) electrons. The van der Waals surface area contributed by atoms with Gasteiger partial charge in [0.15, 0.2) is 11.5 Å². The standard InChI is InChI=1S/C13H15NO6/c1-4-20-13(15)6-5-9-7-11(18-2)12(19-3)8-10(9)14(16)17/h5-8H,4H2,1-3H3. The van der Waals surface area contributed by atoms with Gasteiger partial charge in [0.2, 0.25) is 0 Å². The summed E-state index contributed by atoms with van der Waals surface area (Å²) in [5.74, 6) is 0.00526. The Labute approximate surface area is 115 Å². The second-order valence-corrected chi connectivity index (χ2v) is 3.61. The van der Waals surface area contributed by atoms with E-state index in [-0.39, 0.29) is 23.6 Å². The van der Waals surface area contributed by atoms with Crippen LogP contribution in [0.15, 0.2) is 18.2 Å². The maximum atomic E-state index is 11.2. The Bertz CT molecular complexity index is 538. The fourth-order valence-corrected chi connectivity index (χ4v) is 1.52. The molecular formula is C13H15NO6. The van der Waals surface area contributed by atoms with Crippen LogP contribution in [0.5, 0.6) is 11.5 Å². The van der Waals surface area contributed by atoms with Crippen molar-refractivity contribution in [3.8, 4) is 11.5 Å². The third-order valence-electron chi connectivity index (χ3n) is 2.42. The lowest BCUT2D eigenvalue weighted by molar-refractivity contribution is -0.385. The van der Waals surface area contributed by atoms with Gasteiger partial charge in [0.25, 0.3) is 5.69 Å². The van der Waals surface area contributed by atoms with Gasteiger partial charge in [-0.2, -0.15) is 0 Å². The molecule has 0 N–H and O–H groups in total. The molecule has 0 amide bonds. The molecule has 0 aliphatic rings. The number of nitrogens with zero attached hydrogens (tertiary/aromatic N) is 1. The highest BCUT2D eigenvalue weighted by atomic mass is 16.6. The highest BCUT2D eigenvalue weighted by molar-refractivity contribution is 5.88. The van der Waals surface area contributed by atoms with Crippen LogP contribution in [0.2, 0.25) is 0 Å². The maximum Gasteiger partial charge on any atom is 0.330 e. The minimum atomic E-state index is -0.573.